The van der Waals surface area contributed by atoms with Gasteiger partial charge in [-0.2, -0.15) is 0 Å². The molecule has 0 saturated carbocycles. The van der Waals surface area contributed by atoms with Crippen molar-refractivity contribution in [1.82, 2.24) is 5.32 Å². The van der Waals surface area contributed by atoms with Crippen molar-refractivity contribution in [2.75, 3.05) is 12.0 Å². The predicted molar refractivity (Wildman–Crippen MR) is 103 cm³/mol. The first kappa shape index (κ1) is 18.3. The maximum atomic E-state index is 12.9. The van der Waals surface area contributed by atoms with Crippen LogP contribution in [0.4, 0.5) is 5.69 Å². The van der Waals surface area contributed by atoms with Crippen LogP contribution in [0.5, 0.6) is 5.75 Å². The van der Waals surface area contributed by atoms with Crippen LogP contribution in [0.15, 0.2) is 54.1 Å². The summed E-state index contributed by atoms with van der Waals surface area (Å²) in [5, 5.41) is 11.5. The normalized spacial score (nSPS) is 15.7. The summed E-state index contributed by atoms with van der Waals surface area (Å²) in [6.45, 7) is 0. The maximum absolute atomic E-state index is 12.9. The molecule has 0 atom stereocenters. The number of carboxylic acid groups (broad SMARTS) is 1. The molecule has 0 bridgehead atoms. The molecule has 1 heterocycles. The van der Waals surface area contributed by atoms with Gasteiger partial charge in [-0.15, -0.1) is 0 Å². The predicted octanol–water partition coefficient (Wildman–Crippen LogP) is 2.22. The molecule has 27 heavy (non-hydrogen) atoms. The number of nitrogens with one attached hydrogen (secondary N) is 1. The van der Waals surface area contributed by atoms with Crippen molar-refractivity contribution in [3.63, 3.8) is 0 Å². The second-order valence-electron chi connectivity index (χ2n) is 5.59. The van der Waals surface area contributed by atoms with Gasteiger partial charge in [-0.25, -0.2) is 4.79 Å². The highest BCUT2D eigenvalue weighted by Gasteiger charge is 2.34. The number of thiocarbonyl (C=S) groups is 1. The summed E-state index contributed by atoms with van der Waals surface area (Å²) < 4.78 is 5.08. The summed E-state index contributed by atoms with van der Waals surface area (Å²) >= 11 is 5.10. The molecule has 0 aromatic heterocycles. The Morgan fingerprint density at radius 3 is 2.52 bits per heavy atom. The number of benzene rings is 2. The highest BCUT2D eigenvalue weighted by atomic mass is 32.1. The van der Waals surface area contributed by atoms with Crippen molar-refractivity contribution in [2.24, 2.45) is 0 Å². The lowest BCUT2D eigenvalue weighted by atomic mass is 10.1. The molecular weight excluding hydrogens is 368 g/mol. The van der Waals surface area contributed by atoms with E-state index in [9.17, 15) is 14.4 Å². The second-order valence-corrected chi connectivity index (χ2v) is 5.97. The van der Waals surface area contributed by atoms with E-state index in [1.54, 1.807) is 30.3 Å². The summed E-state index contributed by atoms with van der Waals surface area (Å²) in [6, 6.07) is 12.6. The standard InChI is InChI=1S/C19H14N2O5S/c1-26-14-7-5-11(6-8-14)9-15-16(22)20-19(27)21(17(15)23)13-4-2-3-12(10-13)18(24)25/h2-10H,1H3,(H,24,25)(H,20,22,27). The van der Waals surface area contributed by atoms with Gasteiger partial charge in [0, 0.05) is 0 Å². The van der Waals surface area contributed by atoms with Gasteiger partial charge in [-0.1, -0.05) is 18.2 Å². The van der Waals surface area contributed by atoms with Gasteiger partial charge >= 0.3 is 5.97 Å². The third kappa shape index (κ3) is 3.70. The van der Waals surface area contributed by atoms with Gasteiger partial charge in [-0.3, -0.25) is 19.8 Å². The first-order valence-electron chi connectivity index (χ1n) is 7.79. The van der Waals surface area contributed by atoms with E-state index in [2.05, 4.69) is 5.32 Å². The van der Waals surface area contributed by atoms with Gasteiger partial charge in [0.2, 0.25) is 0 Å². The third-order valence-corrected chi connectivity index (χ3v) is 4.16. The van der Waals surface area contributed by atoms with Crippen LogP contribution >= 0.6 is 12.2 Å². The van der Waals surface area contributed by atoms with E-state index in [0.717, 1.165) is 4.90 Å². The molecule has 8 heteroatoms. The molecule has 1 fully saturated rings. The van der Waals surface area contributed by atoms with E-state index < -0.39 is 17.8 Å². The number of amides is 2. The Morgan fingerprint density at radius 1 is 1.19 bits per heavy atom. The summed E-state index contributed by atoms with van der Waals surface area (Å²) in [7, 11) is 1.54. The molecule has 3 rings (SSSR count). The zero-order valence-electron chi connectivity index (χ0n) is 14.1. The van der Waals surface area contributed by atoms with Crippen LogP contribution in [0.2, 0.25) is 0 Å². The number of carboxylic acids is 1. The van der Waals surface area contributed by atoms with Crippen LogP contribution in [-0.2, 0) is 9.59 Å². The van der Waals surface area contributed by atoms with Gasteiger partial charge in [0.25, 0.3) is 11.8 Å². The van der Waals surface area contributed by atoms with Gasteiger partial charge in [0.15, 0.2) is 5.11 Å². The van der Waals surface area contributed by atoms with E-state index >= 15 is 0 Å². The monoisotopic (exact) mass is 382 g/mol. The van der Waals surface area contributed by atoms with Crippen LogP contribution in [0, 0.1) is 0 Å². The zero-order valence-corrected chi connectivity index (χ0v) is 14.9. The van der Waals surface area contributed by atoms with Crippen molar-refractivity contribution >= 4 is 46.9 Å². The Kier molecular flexibility index (Phi) is 5.00. The first-order valence-corrected chi connectivity index (χ1v) is 8.20. The van der Waals surface area contributed by atoms with E-state index in [1.807, 2.05) is 0 Å². The van der Waals surface area contributed by atoms with E-state index in [1.165, 1.54) is 31.4 Å². The Balaban J connectivity index is 1.99. The summed E-state index contributed by atoms with van der Waals surface area (Å²) in [4.78, 5) is 37.4. The number of ether oxygens (including phenoxy) is 1. The molecule has 1 saturated heterocycles. The topological polar surface area (TPSA) is 95.9 Å². The van der Waals surface area contributed by atoms with E-state index in [0.29, 0.717) is 11.3 Å². The molecule has 2 amide bonds. The van der Waals surface area contributed by atoms with Crippen molar-refractivity contribution < 1.29 is 24.2 Å². The van der Waals surface area contributed by atoms with Crippen molar-refractivity contribution in [2.45, 2.75) is 0 Å². The lowest BCUT2D eigenvalue weighted by Crippen LogP contribution is -2.54. The van der Waals surface area contributed by atoms with Crippen molar-refractivity contribution in [1.29, 1.82) is 0 Å². The number of rotatable bonds is 4. The number of hydrogen-bond acceptors (Lipinski definition) is 5. The average molecular weight is 382 g/mol. The number of carbonyl (C=O) groups is 3. The molecule has 1 aliphatic heterocycles. The molecule has 2 aromatic rings. The minimum Gasteiger partial charge on any atom is -0.497 e. The second kappa shape index (κ2) is 7.38. The molecule has 0 radical (unpaired) electrons. The fraction of sp³-hybridized carbons (Fsp3) is 0.0526. The van der Waals surface area contributed by atoms with Gasteiger partial charge in [0.1, 0.15) is 11.3 Å². The summed E-state index contributed by atoms with van der Waals surface area (Å²) in [5.41, 5.74) is 0.766. The van der Waals surface area contributed by atoms with Crippen molar-refractivity contribution in [3.8, 4) is 5.75 Å². The summed E-state index contributed by atoms with van der Waals surface area (Å²) in [6.07, 6.45) is 1.44. The lowest BCUT2D eigenvalue weighted by molar-refractivity contribution is -0.122. The first-order chi connectivity index (χ1) is 12.9. The third-order valence-electron chi connectivity index (χ3n) is 3.88. The van der Waals surface area contributed by atoms with Gasteiger partial charge < -0.3 is 9.84 Å². The Bertz CT molecular complexity index is 982. The van der Waals surface area contributed by atoms with Crippen LogP contribution in [0.25, 0.3) is 6.08 Å². The highest BCUT2D eigenvalue weighted by Crippen LogP contribution is 2.23. The highest BCUT2D eigenvalue weighted by molar-refractivity contribution is 7.80. The van der Waals surface area contributed by atoms with E-state index in [-0.39, 0.29) is 21.9 Å². The lowest BCUT2D eigenvalue weighted by Gasteiger charge is -2.29. The number of anilines is 1. The smallest absolute Gasteiger partial charge is 0.335 e. The number of nitrogens with zero attached hydrogens (tertiary/aromatic N) is 1. The van der Waals surface area contributed by atoms with Crippen LogP contribution in [0.1, 0.15) is 15.9 Å². The largest absolute Gasteiger partial charge is 0.497 e. The minimum absolute atomic E-state index is 0.000633. The fourth-order valence-corrected chi connectivity index (χ4v) is 2.82. The molecule has 1 aliphatic rings. The van der Waals surface area contributed by atoms with Crippen LogP contribution in [0.3, 0.4) is 0 Å². The Labute approximate surface area is 159 Å². The van der Waals surface area contributed by atoms with Gasteiger partial charge in [0.05, 0.1) is 18.4 Å². The minimum atomic E-state index is -1.13. The molecule has 0 spiro atoms. The molecule has 2 N–H and O–H groups in total. The Hall–Kier alpha value is -3.52. The fourth-order valence-electron chi connectivity index (χ4n) is 2.54. The molecule has 0 unspecified atom stereocenters. The molecular formula is C19H14N2O5S. The van der Waals surface area contributed by atoms with Crippen LogP contribution in [-0.4, -0.2) is 35.1 Å². The number of carbonyl (C=O) groups excluding carboxylic acids is 2. The number of methoxy groups -OCH3 is 1. The quantitative estimate of drug-likeness (QED) is 0.478. The Morgan fingerprint density at radius 2 is 1.89 bits per heavy atom. The zero-order chi connectivity index (χ0) is 19.6. The van der Waals surface area contributed by atoms with Crippen LogP contribution < -0.4 is 15.0 Å². The van der Waals surface area contributed by atoms with E-state index in [4.69, 9.17) is 22.1 Å². The molecule has 2 aromatic carbocycles. The average Bonchev–Trinajstić information content (AvgIpc) is 2.65. The molecule has 0 aliphatic carbocycles. The number of hydrogen-bond donors (Lipinski definition) is 2. The SMILES string of the molecule is COc1ccc(C=C2C(=O)NC(=S)N(c3cccc(C(=O)O)c3)C2=O)cc1. The molecule has 7 nitrogen and oxygen atoms in total. The number of aromatic carboxylic acids is 1. The summed E-state index contributed by atoms with van der Waals surface area (Å²) in [5.74, 6) is -1.75. The maximum Gasteiger partial charge on any atom is 0.335 e. The molecule has 136 valence electrons. The van der Waals surface area contributed by atoms with Gasteiger partial charge in [-0.05, 0) is 54.2 Å². The van der Waals surface area contributed by atoms with Crippen molar-refractivity contribution in [3.05, 3.63) is 65.2 Å².